The summed E-state index contributed by atoms with van der Waals surface area (Å²) in [7, 11) is 0. The van der Waals surface area contributed by atoms with Crippen molar-refractivity contribution in [3.63, 3.8) is 0 Å². The van der Waals surface area contributed by atoms with Gasteiger partial charge in [-0.2, -0.15) is 9.78 Å². The van der Waals surface area contributed by atoms with Crippen molar-refractivity contribution in [3.8, 4) is 17.1 Å². The third kappa shape index (κ3) is 3.04. The number of pyridine rings is 1. The molecule has 0 N–H and O–H groups in total. The van der Waals surface area contributed by atoms with Gasteiger partial charge in [-0.05, 0) is 24.3 Å². The fourth-order valence-corrected chi connectivity index (χ4v) is 2.90. The highest BCUT2D eigenvalue weighted by Crippen LogP contribution is 2.26. The first-order valence-corrected chi connectivity index (χ1v) is 8.31. The van der Waals surface area contributed by atoms with Gasteiger partial charge < -0.3 is 0 Å². The molecule has 132 valence electrons. The molecule has 0 fully saturated rings. The first-order valence-electron chi connectivity index (χ1n) is 7.93. The zero-order valence-electron chi connectivity index (χ0n) is 13.7. The van der Waals surface area contributed by atoms with Crippen molar-refractivity contribution >= 4 is 28.1 Å². The highest BCUT2D eigenvalue weighted by Gasteiger charge is 2.15. The molecule has 2 aromatic carbocycles. The first-order chi connectivity index (χ1) is 13.0. The Morgan fingerprint density at radius 1 is 0.963 bits per heavy atom. The van der Waals surface area contributed by atoms with Crippen molar-refractivity contribution in [3.05, 3.63) is 92.4 Å². The summed E-state index contributed by atoms with van der Waals surface area (Å²) in [6.45, 7) is 0. The van der Waals surface area contributed by atoms with E-state index in [0.29, 0.717) is 21.5 Å². The monoisotopic (exact) mass is 378 g/mol. The summed E-state index contributed by atoms with van der Waals surface area (Å²) in [5.74, 6) is 0.201. The second-order valence-electron chi connectivity index (χ2n) is 5.75. The lowest BCUT2D eigenvalue weighted by Crippen LogP contribution is -2.23. The Morgan fingerprint density at radius 3 is 2.30 bits per heavy atom. The van der Waals surface area contributed by atoms with E-state index in [1.165, 1.54) is 12.1 Å². The molecule has 2 heterocycles. The summed E-state index contributed by atoms with van der Waals surface area (Å²) >= 11 is 5.97. The Morgan fingerprint density at radius 2 is 1.67 bits per heavy atom. The maximum atomic E-state index is 12.9. The van der Waals surface area contributed by atoms with Crippen LogP contribution in [0.4, 0.5) is 5.69 Å². The number of halogens is 1. The molecule has 8 heteroatoms. The van der Waals surface area contributed by atoms with Crippen LogP contribution in [0.3, 0.4) is 0 Å². The average Bonchev–Trinajstić information content (AvgIpc) is 2.69. The lowest BCUT2D eigenvalue weighted by atomic mass is 10.1. The third-order valence-corrected chi connectivity index (χ3v) is 4.33. The van der Waals surface area contributed by atoms with Gasteiger partial charge in [-0.15, -0.1) is 0 Å². The fourth-order valence-electron chi connectivity index (χ4n) is 2.78. The predicted molar refractivity (Wildman–Crippen MR) is 102 cm³/mol. The topological polar surface area (TPSA) is 90.9 Å². The summed E-state index contributed by atoms with van der Waals surface area (Å²) < 4.78 is 1.15. The van der Waals surface area contributed by atoms with Crippen LogP contribution in [0.15, 0.2) is 71.7 Å². The molecule has 4 aromatic rings. The molecule has 0 aliphatic rings. The van der Waals surface area contributed by atoms with Crippen LogP contribution in [0.2, 0.25) is 5.02 Å². The van der Waals surface area contributed by atoms with E-state index in [-0.39, 0.29) is 17.1 Å². The number of hydrogen-bond donors (Lipinski definition) is 0. The van der Waals surface area contributed by atoms with E-state index in [0.717, 1.165) is 16.4 Å². The van der Waals surface area contributed by atoms with Crippen LogP contribution in [0.5, 0.6) is 0 Å². The van der Waals surface area contributed by atoms with Crippen LogP contribution < -0.4 is 5.56 Å². The highest BCUT2D eigenvalue weighted by atomic mass is 35.5. The second kappa shape index (κ2) is 6.62. The van der Waals surface area contributed by atoms with Crippen molar-refractivity contribution in [1.29, 1.82) is 0 Å². The standard InChI is InChI=1S/C19H11ClN4O3/c20-13-7-5-12(6-8-13)18-15-3-1-2-4-16(15)19(25)23(22-18)17-10-9-14(11-21-17)24(26)27/h1-11H. The zero-order chi connectivity index (χ0) is 19.0. The van der Waals surface area contributed by atoms with Crippen LogP contribution in [-0.2, 0) is 0 Å². The van der Waals surface area contributed by atoms with E-state index in [1.54, 1.807) is 24.3 Å². The highest BCUT2D eigenvalue weighted by molar-refractivity contribution is 6.30. The van der Waals surface area contributed by atoms with Crippen molar-refractivity contribution < 1.29 is 4.92 Å². The van der Waals surface area contributed by atoms with Gasteiger partial charge in [-0.1, -0.05) is 41.9 Å². The smallest absolute Gasteiger partial charge is 0.267 e. The van der Waals surface area contributed by atoms with Crippen molar-refractivity contribution in [2.75, 3.05) is 0 Å². The van der Waals surface area contributed by atoms with Crippen LogP contribution in [0.1, 0.15) is 0 Å². The SMILES string of the molecule is O=c1c2ccccc2c(-c2ccc(Cl)cc2)nn1-c1ccc([N+](=O)[O-])cn1. The van der Waals surface area contributed by atoms with Gasteiger partial charge in [0, 0.05) is 22.0 Å². The van der Waals surface area contributed by atoms with E-state index in [1.807, 2.05) is 24.3 Å². The Labute approximate surface area is 157 Å². The summed E-state index contributed by atoms with van der Waals surface area (Å²) in [6, 6.07) is 16.9. The van der Waals surface area contributed by atoms with Gasteiger partial charge in [-0.25, -0.2) is 4.98 Å². The van der Waals surface area contributed by atoms with Gasteiger partial charge in [0.15, 0.2) is 5.82 Å². The molecule has 0 bridgehead atoms. The number of fused-ring (bicyclic) bond motifs is 1. The normalized spacial score (nSPS) is 10.9. The number of aromatic nitrogens is 3. The van der Waals surface area contributed by atoms with E-state index >= 15 is 0 Å². The van der Waals surface area contributed by atoms with Gasteiger partial charge in [0.25, 0.3) is 11.2 Å². The molecule has 0 aliphatic heterocycles. The van der Waals surface area contributed by atoms with Gasteiger partial charge in [0.1, 0.15) is 6.20 Å². The molecule has 0 saturated carbocycles. The van der Waals surface area contributed by atoms with Crippen LogP contribution in [-0.4, -0.2) is 19.7 Å². The largest absolute Gasteiger partial charge is 0.287 e. The molecule has 0 radical (unpaired) electrons. The van der Waals surface area contributed by atoms with Gasteiger partial charge in [0.2, 0.25) is 0 Å². The first kappa shape index (κ1) is 16.9. The molecule has 0 amide bonds. The number of nitro groups is 1. The summed E-state index contributed by atoms with van der Waals surface area (Å²) in [5.41, 5.74) is 0.850. The number of rotatable bonds is 3. The minimum absolute atomic E-state index is 0.162. The van der Waals surface area contributed by atoms with E-state index in [9.17, 15) is 14.9 Å². The molecule has 2 aromatic heterocycles. The average molecular weight is 379 g/mol. The zero-order valence-corrected chi connectivity index (χ0v) is 14.5. The molecule has 0 unspecified atom stereocenters. The Hall–Kier alpha value is -3.58. The maximum absolute atomic E-state index is 12.9. The summed E-state index contributed by atoms with van der Waals surface area (Å²) in [6.07, 6.45) is 1.10. The lowest BCUT2D eigenvalue weighted by Gasteiger charge is -2.10. The second-order valence-corrected chi connectivity index (χ2v) is 6.19. The molecule has 27 heavy (non-hydrogen) atoms. The van der Waals surface area contributed by atoms with E-state index in [4.69, 9.17) is 11.6 Å². The third-order valence-electron chi connectivity index (χ3n) is 4.08. The lowest BCUT2D eigenvalue weighted by molar-refractivity contribution is -0.385. The number of benzene rings is 2. The molecule has 0 atom stereocenters. The van der Waals surface area contributed by atoms with Crippen LogP contribution in [0, 0.1) is 10.1 Å². The minimum atomic E-state index is -0.549. The van der Waals surface area contributed by atoms with Crippen molar-refractivity contribution in [2.45, 2.75) is 0 Å². The number of hydrogen-bond acceptors (Lipinski definition) is 5. The Balaban J connectivity index is 1.99. The Bertz CT molecular complexity index is 1220. The van der Waals surface area contributed by atoms with Gasteiger partial charge >= 0.3 is 0 Å². The van der Waals surface area contributed by atoms with Crippen molar-refractivity contribution in [2.24, 2.45) is 0 Å². The van der Waals surface area contributed by atoms with E-state index < -0.39 is 4.92 Å². The fraction of sp³-hybridized carbons (Fsp3) is 0. The molecule has 4 rings (SSSR count). The maximum Gasteiger partial charge on any atom is 0.287 e. The van der Waals surface area contributed by atoms with Gasteiger partial charge in [-0.3, -0.25) is 14.9 Å². The van der Waals surface area contributed by atoms with Crippen LogP contribution in [0.25, 0.3) is 27.8 Å². The van der Waals surface area contributed by atoms with Gasteiger partial charge in [0.05, 0.1) is 16.0 Å². The predicted octanol–water partition coefficient (Wildman–Crippen LogP) is 4.01. The molecule has 0 saturated heterocycles. The minimum Gasteiger partial charge on any atom is -0.267 e. The summed E-state index contributed by atoms with van der Waals surface area (Å²) in [5, 5.41) is 17.1. The van der Waals surface area contributed by atoms with Crippen molar-refractivity contribution in [1.82, 2.24) is 14.8 Å². The van der Waals surface area contributed by atoms with E-state index in [2.05, 4.69) is 10.1 Å². The Kier molecular flexibility index (Phi) is 4.13. The molecule has 0 aliphatic carbocycles. The molecule has 0 spiro atoms. The molecule has 7 nitrogen and oxygen atoms in total. The van der Waals surface area contributed by atoms with Crippen LogP contribution >= 0.6 is 11.6 Å². The number of nitrogens with zero attached hydrogens (tertiary/aromatic N) is 4. The molecular formula is C19H11ClN4O3. The molecular weight excluding hydrogens is 368 g/mol. The summed E-state index contributed by atoms with van der Waals surface area (Å²) in [4.78, 5) is 27.2. The quantitative estimate of drug-likeness (QED) is 0.397.